The third-order valence-electron chi connectivity index (χ3n) is 2.98. The van der Waals surface area contributed by atoms with Crippen molar-refractivity contribution < 1.29 is 11.2 Å². The molecule has 3 aromatic rings. The third-order valence-corrected chi connectivity index (χ3v) is 2.98. The zero-order valence-corrected chi connectivity index (χ0v) is 11.0. The van der Waals surface area contributed by atoms with Crippen LogP contribution in [0.15, 0.2) is 61.1 Å². The number of rotatable bonds is 3. The Labute approximate surface area is 130 Å². The van der Waals surface area contributed by atoms with Crippen molar-refractivity contribution in [2.24, 2.45) is 0 Å². The Kier molecular flexibility index (Phi) is 2.41. The van der Waals surface area contributed by atoms with Gasteiger partial charge in [0.15, 0.2) is 0 Å². The molecule has 104 valence electrons. The van der Waals surface area contributed by atoms with Crippen molar-refractivity contribution >= 4 is 0 Å². The summed E-state index contributed by atoms with van der Waals surface area (Å²) in [7, 11) is 0. The van der Waals surface area contributed by atoms with E-state index in [2.05, 4.69) is 9.97 Å². The van der Waals surface area contributed by atoms with Gasteiger partial charge >= 0.3 is 0 Å². The number of hydrogen-bond acceptors (Lipinski definition) is 2. The molecule has 3 rings (SSSR count). The van der Waals surface area contributed by atoms with Crippen molar-refractivity contribution in [1.82, 2.24) is 9.97 Å². The molecule has 2 nitrogen and oxygen atoms in total. The van der Waals surface area contributed by atoms with Crippen LogP contribution in [0.25, 0.3) is 11.3 Å². The van der Waals surface area contributed by atoms with E-state index in [0.29, 0.717) is 11.3 Å². The summed E-state index contributed by atoms with van der Waals surface area (Å²) in [5, 5.41) is 0. The van der Waals surface area contributed by atoms with Crippen molar-refractivity contribution in [3.63, 3.8) is 0 Å². The number of hydrogen-bond donors (Lipinski definition) is 0. The molecule has 2 aromatic heterocycles. The molecule has 0 unspecified atom stereocenters. The van der Waals surface area contributed by atoms with Crippen LogP contribution in [0.1, 0.15) is 23.5 Å². The molecule has 0 radical (unpaired) electrons. The molecule has 0 aliphatic heterocycles. The van der Waals surface area contributed by atoms with Crippen LogP contribution in [-0.4, -0.2) is 9.97 Å². The van der Waals surface area contributed by atoms with Crippen molar-refractivity contribution in [2.45, 2.75) is 13.2 Å². The number of pyridine rings is 2. The average molecular weight is 283 g/mol. The van der Waals surface area contributed by atoms with Crippen molar-refractivity contribution in [3.05, 3.63) is 83.6 Å². The molecule has 2 heterocycles. The van der Waals surface area contributed by atoms with Crippen LogP contribution in [0.4, 0.5) is 4.39 Å². The van der Waals surface area contributed by atoms with Crippen LogP contribution in [0.3, 0.4) is 0 Å². The number of benzene rings is 1. The Morgan fingerprint density at radius 2 is 2.05 bits per heavy atom. The van der Waals surface area contributed by atoms with Gasteiger partial charge in [0.25, 0.3) is 0 Å². The predicted molar refractivity (Wildman–Crippen MR) is 81.4 cm³/mol. The maximum absolute atomic E-state index is 13.5. The summed E-state index contributed by atoms with van der Waals surface area (Å²) >= 11 is 0. The first kappa shape index (κ1) is 8.67. The van der Waals surface area contributed by atoms with Crippen LogP contribution in [-0.2, 0) is 6.37 Å². The number of nitrogens with zero attached hydrogens (tertiary/aromatic N) is 2. The summed E-state index contributed by atoms with van der Waals surface area (Å²) in [6.07, 6.45) is 1.94. The molecule has 3 heteroatoms. The van der Waals surface area contributed by atoms with Gasteiger partial charge in [-0.15, -0.1) is 0 Å². The fourth-order valence-corrected chi connectivity index (χ4v) is 1.96. The topological polar surface area (TPSA) is 25.8 Å². The molecule has 0 aliphatic rings. The number of aromatic nitrogens is 2. The summed E-state index contributed by atoms with van der Waals surface area (Å²) in [6, 6.07) is 10.1. The average Bonchev–Trinajstić information content (AvgIpc) is 2.61. The van der Waals surface area contributed by atoms with E-state index < -0.39 is 19.0 Å². The molecule has 0 N–H and O–H groups in total. The number of halogens is 1. The van der Waals surface area contributed by atoms with Gasteiger partial charge in [-0.25, -0.2) is 4.39 Å². The Bertz CT molecular complexity index is 926. The molecule has 0 saturated carbocycles. The Morgan fingerprint density at radius 3 is 2.81 bits per heavy atom. The fraction of sp³-hybridized carbons (Fsp3) is 0.111. The van der Waals surface area contributed by atoms with Crippen LogP contribution in [0, 0.1) is 12.7 Å². The van der Waals surface area contributed by atoms with Gasteiger partial charge in [0.2, 0.25) is 0 Å². The van der Waals surface area contributed by atoms with Crippen molar-refractivity contribution in [3.8, 4) is 11.3 Å². The van der Waals surface area contributed by atoms with Crippen molar-refractivity contribution in [2.75, 3.05) is 0 Å². The third kappa shape index (κ3) is 3.14. The van der Waals surface area contributed by atoms with Gasteiger partial charge in [0.1, 0.15) is 5.82 Å². The SMILES string of the molecule is [2H]C([2H])([2H])c1cnc(-c2cccc(F)c2)cc1C([2H])([2H])c1ccncc1. The molecule has 21 heavy (non-hydrogen) atoms. The molecule has 0 bridgehead atoms. The van der Waals surface area contributed by atoms with Crippen LogP contribution in [0.5, 0.6) is 0 Å². The van der Waals surface area contributed by atoms with Gasteiger partial charge in [-0.05, 0) is 60.2 Å². The highest BCUT2D eigenvalue weighted by Gasteiger charge is 2.06. The quantitative estimate of drug-likeness (QED) is 0.720. The van der Waals surface area contributed by atoms with Gasteiger partial charge in [-0.3, -0.25) is 9.97 Å². The minimum absolute atomic E-state index is 0.0297. The molecule has 0 aliphatic carbocycles. The maximum atomic E-state index is 13.5. The Morgan fingerprint density at radius 1 is 1.19 bits per heavy atom. The molecule has 0 fully saturated rings. The normalized spacial score (nSPS) is 15.4. The van der Waals surface area contributed by atoms with Gasteiger partial charge in [-0.2, -0.15) is 0 Å². The second-order valence-corrected chi connectivity index (χ2v) is 4.49. The highest BCUT2D eigenvalue weighted by molar-refractivity contribution is 5.60. The van der Waals surface area contributed by atoms with E-state index in [1.807, 2.05) is 0 Å². The first-order valence-corrected chi connectivity index (χ1v) is 6.37. The molecule has 0 spiro atoms. The maximum Gasteiger partial charge on any atom is 0.123 e. The standard InChI is InChI=1S/C18H15FN2/c1-13-12-21-18(15-3-2-4-17(19)10-15)11-16(13)9-14-5-7-20-8-6-14/h2-8,10-12H,9H2,1H3/i1D3,9D2. The molecule has 0 saturated heterocycles. The number of aryl methyl sites for hydroxylation is 1. The Balaban J connectivity index is 2.22. The van der Waals surface area contributed by atoms with E-state index in [9.17, 15) is 4.39 Å². The smallest absolute Gasteiger partial charge is 0.123 e. The van der Waals surface area contributed by atoms with E-state index in [0.717, 1.165) is 6.20 Å². The van der Waals surface area contributed by atoms with Gasteiger partial charge in [0, 0.05) is 31.0 Å². The van der Waals surface area contributed by atoms with E-state index in [4.69, 9.17) is 6.85 Å². The zero-order chi connectivity index (χ0) is 18.9. The largest absolute Gasteiger partial charge is 0.265 e. The van der Waals surface area contributed by atoms with Crippen LogP contribution >= 0.6 is 0 Å². The lowest BCUT2D eigenvalue weighted by atomic mass is 10.0. The summed E-state index contributed by atoms with van der Waals surface area (Å²) in [5.74, 6) is -0.456. The predicted octanol–water partition coefficient (Wildman–Crippen LogP) is 4.18. The highest BCUT2D eigenvalue weighted by Crippen LogP contribution is 2.22. The molecular weight excluding hydrogens is 263 g/mol. The van der Waals surface area contributed by atoms with E-state index in [1.165, 1.54) is 48.8 Å². The van der Waals surface area contributed by atoms with Gasteiger partial charge in [-0.1, -0.05) is 12.1 Å². The van der Waals surface area contributed by atoms with Crippen LogP contribution < -0.4 is 0 Å². The minimum atomic E-state index is -2.54. The lowest BCUT2D eigenvalue weighted by Crippen LogP contribution is -1.95. The Hall–Kier alpha value is -2.55. The summed E-state index contributed by atoms with van der Waals surface area (Å²) in [6.45, 7) is -2.54. The van der Waals surface area contributed by atoms with Crippen LogP contribution in [0.2, 0.25) is 0 Å². The lowest BCUT2D eigenvalue weighted by Gasteiger charge is -2.09. The molecule has 0 amide bonds. The van der Waals surface area contributed by atoms with Gasteiger partial charge in [0.05, 0.1) is 5.69 Å². The zero-order valence-electron chi connectivity index (χ0n) is 16.0. The fourth-order valence-electron chi connectivity index (χ4n) is 1.96. The highest BCUT2D eigenvalue weighted by atomic mass is 19.1. The van der Waals surface area contributed by atoms with E-state index >= 15 is 0 Å². The lowest BCUT2D eigenvalue weighted by molar-refractivity contribution is 0.628. The monoisotopic (exact) mass is 283 g/mol. The second kappa shape index (κ2) is 5.83. The van der Waals surface area contributed by atoms with Crippen molar-refractivity contribution in [1.29, 1.82) is 0 Å². The summed E-state index contributed by atoms with van der Waals surface area (Å²) in [4.78, 5) is 7.99. The summed E-state index contributed by atoms with van der Waals surface area (Å²) < 4.78 is 53.7. The van der Waals surface area contributed by atoms with Gasteiger partial charge < -0.3 is 0 Å². The summed E-state index contributed by atoms with van der Waals surface area (Å²) in [5.41, 5.74) is 0.797. The molecule has 0 atom stereocenters. The first-order valence-electron chi connectivity index (χ1n) is 8.87. The molecular formula is C18H15FN2. The molecule has 1 aromatic carbocycles. The first-order chi connectivity index (χ1) is 12.2. The minimum Gasteiger partial charge on any atom is -0.265 e. The van der Waals surface area contributed by atoms with E-state index in [1.54, 1.807) is 6.07 Å². The van der Waals surface area contributed by atoms with E-state index in [-0.39, 0.29) is 16.7 Å². The second-order valence-electron chi connectivity index (χ2n) is 4.49.